The van der Waals surface area contributed by atoms with E-state index < -0.39 is 0 Å². The van der Waals surface area contributed by atoms with Crippen LogP contribution in [0.15, 0.2) is 48.8 Å². The van der Waals surface area contributed by atoms with Crippen molar-refractivity contribution in [1.82, 2.24) is 9.55 Å². The van der Waals surface area contributed by atoms with Crippen LogP contribution in [0.25, 0.3) is 26.6 Å². The van der Waals surface area contributed by atoms with Crippen molar-refractivity contribution in [3.63, 3.8) is 0 Å². The molecule has 0 radical (unpaired) electrons. The number of benzene rings is 1. The van der Waals surface area contributed by atoms with E-state index >= 15 is 0 Å². The number of thiazole rings is 1. The Kier molecular flexibility index (Phi) is 1.64. The average molecular weight is 264 g/mol. The summed E-state index contributed by atoms with van der Waals surface area (Å²) in [6.45, 7) is 0.967. The minimum atomic E-state index is 0.967. The van der Waals surface area contributed by atoms with E-state index in [4.69, 9.17) is 0 Å². The topological polar surface area (TPSA) is 21.9 Å². The lowest BCUT2D eigenvalue weighted by molar-refractivity contribution is -0.478. The molecule has 0 amide bonds. The fraction of sp³-hybridized carbons (Fsp3) is 0.0667. The molecule has 4 aromatic rings. The van der Waals surface area contributed by atoms with Gasteiger partial charge in [-0.25, -0.2) is 4.57 Å². The van der Waals surface area contributed by atoms with Gasteiger partial charge in [0.1, 0.15) is 22.8 Å². The van der Waals surface area contributed by atoms with Gasteiger partial charge in [-0.3, -0.25) is 0 Å². The molecule has 0 bridgehead atoms. The molecule has 0 spiro atoms. The third-order valence-electron chi connectivity index (χ3n) is 3.78. The third-order valence-corrected chi connectivity index (χ3v) is 4.92. The number of fused-ring (bicyclic) bond motifs is 7. The Morgan fingerprint density at radius 1 is 1.16 bits per heavy atom. The van der Waals surface area contributed by atoms with E-state index in [-0.39, 0.29) is 0 Å². The van der Waals surface area contributed by atoms with E-state index in [0.717, 1.165) is 12.2 Å². The monoisotopic (exact) mass is 264 g/mol. The standard InChI is InChI=1S/C15H10N3S/c1-2-5-11-10(4-1)8-17-12(11)9-18-14-13(19-15(17)18)6-3-7-16-14/h1-7,9H,8H2/q+1. The quantitative estimate of drug-likeness (QED) is 0.394. The summed E-state index contributed by atoms with van der Waals surface area (Å²) < 4.78 is 5.84. The predicted molar refractivity (Wildman–Crippen MR) is 75.3 cm³/mol. The maximum Gasteiger partial charge on any atom is 0.293 e. The molecule has 4 heterocycles. The highest BCUT2D eigenvalue weighted by molar-refractivity contribution is 7.22. The molecular weight excluding hydrogens is 254 g/mol. The first-order chi connectivity index (χ1) is 9.42. The average Bonchev–Trinajstić information content (AvgIpc) is 3.07. The summed E-state index contributed by atoms with van der Waals surface area (Å²) in [6, 6.07) is 12.8. The van der Waals surface area contributed by atoms with Gasteiger partial charge in [-0.15, -0.1) is 4.98 Å². The van der Waals surface area contributed by atoms with Gasteiger partial charge in [0.05, 0.1) is 6.54 Å². The lowest BCUT2D eigenvalue weighted by Crippen LogP contribution is -2.17. The number of pyridine rings is 1. The van der Waals surface area contributed by atoms with Gasteiger partial charge in [0.2, 0.25) is 0 Å². The molecule has 0 saturated heterocycles. The van der Waals surface area contributed by atoms with Crippen LogP contribution in [0, 0.1) is 0 Å². The highest BCUT2D eigenvalue weighted by Crippen LogP contribution is 2.34. The maximum absolute atomic E-state index is 4.50. The van der Waals surface area contributed by atoms with Crippen molar-refractivity contribution in [2.45, 2.75) is 6.54 Å². The van der Waals surface area contributed by atoms with Crippen LogP contribution in [0.1, 0.15) is 5.56 Å². The largest absolute Gasteiger partial charge is 0.293 e. The SMILES string of the molecule is c1ccc2c(c1)Cn1c-2c[n+]2c3ncccc3sc12. The predicted octanol–water partition coefficient (Wildman–Crippen LogP) is 2.87. The van der Waals surface area contributed by atoms with Gasteiger partial charge in [-0.1, -0.05) is 35.6 Å². The smallest absolute Gasteiger partial charge is 0.243 e. The van der Waals surface area contributed by atoms with Crippen molar-refractivity contribution in [3.8, 4) is 11.3 Å². The van der Waals surface area contributed by atoms with Gasteiger partial charge in [-0.05, 0) is 17.7 Å². The van der Waals surface area contributed by atoms with Crippen molar-refractivity contribution in [2.24, 2.45) is 0 Å². The van der Waals surface area contributed by atoms with E-state index in [0.29, 0.717) is 0 Å². The molecule has 19 heavy (non-hydrogen) atoms. The number of rotatable bonds is 0. The molecule has 0 saturated carbocycles. The van der Waals surface area contributed by atoms with E-state index in [2.05, 4.69) is 50.5 Å². The van der Waals surface area contributed by atoms with E-state index in [1.165, 1.54) is 26.5 Å². The van der Waals surface area contributed by atoms with E-state index in [9.17, 15) is 0 Å². The zero-order chi connectivity index (χ0) is 12.4. The minimum Gasteiger partial charge on any atom is -0.243 e. The molecule has 4 heteroatoms. The Balaban J connectivity index is 1.93. The molecular formula is C15H10N3S+. The Morgan fingerprint density at radius 2 is 2.11 bits per heavy atom. The molecule has 0 fully saturated rings. The number of aromatic nitrogens is 3. The Bertz CT molecular complexity index is 949. The van der Waals surface area contributed by atoms with Crippen LogP contribution in [-0.4, -0.2) is 9.55 Å². The molecule has 0 N–H and O–H groups in total. The summed E-state index contributed by atoms with van der Waals surface area (Å²) >= 11 is 1.81. The first-order valence-corrected chi connectivity index (χ1v) is 7.10. The van der Waals surface area contributed by atoms with Crippen molar-refractivity contribution in [2.75, 3.05) is 0 Å². The first kappa shape index (κ1) is 9.69. The molecule has 1 aliphatic rings. The van der Waals surface area contributed by atoms with Crippen LogP contribution in [-0.2, 0) is 6.54 Å². The lowest BCUT2D eigenvalue weighted by Gasteiger charge is -1.92. The molecule has 3 nitrogen and oxygen atoms in total. The van der Waals surface area contributed by atoms with Crippen LogP contribution < -0.4 is 4.40 Å². The Hall–Kier alpha value is -2.20. The molecule has 1 aromatic carbocycles. The van der Waals surface area contributed by atoms with E-state index in [1.807, 2.05) is 23.6 Å². The van der Waals surface area contributed by atoms with Gasteiger partial charge in [0.15, 0.2) is 0 Å². The molecule has 0 unspecified atom stereocenters. The van der Waals surface area contributed by atoms with Crippen LogP contribution in [0.2, 0.25) is 0 Å². The van der Waals surface area contributed by atoms with Gasteiger partial charge in [-0.2, -0.15) is 4.40 Å². The number of hydrogen-bond donors (Lipinski definition) is 0. The Morgan fingerprint density at radius 3 is 3.11 bits per heavy atom. The van der Waals surface area contributed by atoms with Crippen molar-refractivity contribution >= 4 is 26.6 Å². The second-order valence-corrected chi connectivity index (χ2v) is 5.85. The number of hydrogen-bond acceptors (Lipinski definition) is 2. The molecule has 1 aliphatic heterocycles. The second kappa shape index (κ2) is 3.22. The summed E-state index contributed by atoms with van der Waals surface area (Å²) in [5.41, 5.74) is 5.11. The fourth-order valence-electron chi connectivity index (χ4n) is 2.92. The second-order valence-electron chi connectivity index (χ2n) is 4.84. The van der Waals surface area contributed by atoms with Gasteiger partial charge in [0, 0.05) is 5.56 Å². The highest BCUT2D eigenvalue weighted by atomic mass is 32.1. The highest BCUT2D eigenvalue weighted by Gasteiger charge is 2.28. The summed E-state index contributed by atoms with van der Waals surface area (Å²) in [6.07, 6.45) is 4.07. The van der Waals surface area contributed by atoms with Gasteiger partial charge < -0.3 is 0 Å². The molecule has 90 valence electrons. The Labute approximate surface area is 113 Å². The van der Waals surface area contributed by atoms with Gasteiger partial charge in [0.25, 0.3) is 10.6 Å². The van der Waals surface area contributed by atoms with Crippen LogP contribution in [0.5, 0.6) is 0 Å². The zero-order valence-corrected chi connectivity index (χ0v) is 10.9. The normalized spacial score (nSPS) is 13.1. The fourth-order valence-corrected chi connectivity index (χ4v) is 4.02. The maximum atomic E-state index is 4.50. The summed E-state index contributed by atoms with van der Waals surface area (Å²) in [5, 5.41) is 0. The van der Waals surface area contributed by atoms with Crippen molar-refractivity contribution < 1.29 is 4.40 Å². The minimum absolute atomic E-state index is 0.967. The van der Waals surface area contributed by atoms with Crippen molar-refractivity contribution in [1.29, 1.82) is 0 Å². The summed E-state index contributed by atoms with van der Waals surface area (Å²) in [5.74, 6) is 0. The molecule has 5 rings (SSSR count). The van der Waals surface area contributed by atoms with Crippen LogP contribution in [0.3, 0.4) is 0 Å². The van der Waals surface area contributed by atoms with Crippen LogP contribution >= 0.6 is 11.3 Å². The first-order valence-electron chi connectivity index (χ1n) is 6.28. The molecule has 0 aliphatic carbocycles. The number of nitrogens with zero attached hydrogens (tertiary/aromatic N) is 3. The number of imidazole rings is 1. The summed E-state index contributed by atoms with van der Waals surface area (Å²) in [7, 11) is 0. The van der Waals surface area contributed by atoms with Gasteiger partial charge >= 0.3 is 0 Å². The zero-order valence-electron chi connectivity index (χ0n) is 10.1. The molecule has 3 aromatic heterocycles. The summed E-state index contributed by atoms with van der Waals surface area (Å²) in [4.78, 5) is 5.76. The lowest BCUT2D eigenvalue weighted by atomic mass is 10.1. The molecule has 0 atom stereocenters. The van der Waals surface area contributed by atoms with Crippen molar-refractivity contribution in [3.05, 3.63) is 54.4 Å². The van der Waals surface area contributed by atoms with E-state index in [1.54, 1.807) is 0 Å². The third kappa shape index (κ3) is 1.12. The van der Waals surface area contributed by atoms with Crippen LogP contribution in [0.4, 0.5) is 0 Å².